The smallest absolute Gasteiger partial charge is 0.0900 e. The molecule has 0 aliphatic carbocycles. The second kappa shape index (κ2) is 35.1. The van der Waals surface area contributed by atoms with E-state index in [0.717, 1.165) is 205 Å². The molecule has 0 aliphatic heterocycles. The number of hydrogen-bond donors (Lipinski definition) is 0. The molecule has 27 aromatic rings. The van der Waals surface area contributed by atoms with Crippen molar-refractivity contribution in [2.45, 2.75) is 0 Å². The van der Waals surface area contributed by atoms with Crippen LogP contribution in [-0.2, 0) is 0 Å². The first-order valence-corrected chi connectivity index (χ1v) is 46.2. The van der Waals surface area contributed by atoms with Gasteiger partial charge in [0.25, 0.3) is 0 Å². The minimum absolute atomic E-state index is 0.799. The molecule has 12 nitrogen and oxygen atoms in total. The highest BCUT2D eigenvalue weighted by Gasteiger charge is 2.23. The van der Waals surface area contributed by atoms with Crippen LogP contribution >= 0.6 is 0 Å². The maximum Gasteiger partial charge on any atom is 0.0900 e. The van der Waals surface area contributed by atoms with Crippen LogP contribution in [0.5, 0.6) is 0 Å². The number of pyridine rings is 12. The lowest BCUT2D eigenvalue weighted by Gasteiger charge is -2.16. The van der Waals surface area contributed by atoms with Gasteiger partial charge < -0.3 is 0 Å². The van der Waals surface area contributed by atoms with E-state index in [0.29, 0.717) is 0 Å². The van der Waals surface area contributed by atoms with Crippen LogP contribution in [0.2, 0.25) is 0 Å². The van der Waals surface area contributed by atoms with Gasteiger partial charge >= 0.3 is 0 Å². The maximum atomic E-state index is 5.37. The minimum Gasteiger partial charge on any atom is -0.255 e. The fourth-order valence-corrected chi connectivity index (χ4v) is 19.6. The molecule has 0 saturated carbocycles. The van der Waals surface area contributed by atoms with E-state index in [1.54, 1.807) is 37.2 Å². The summed E-state index contributed by atoms with van der Waals surface area (Å²) in [4.78, 5) is 58.6. The molecule has 12 heteroatoms. The molecule has 0 saturated heterocycles. The number of rotatable bonds is 12. The van der Waals surface area contributed by atoms with Gasteiger partial charge in [0.2, 0.25) is 0 Å². The van der Waals surface area contributed by atoms with Gasteiger partial charge in [0.15, 0.2) is 0 Å². The van der Waals surface area contributed by atoms with Crippen molar-refractivity contribution < 1.29 is 0 Å². The van der Waals surface area contributed by atoms with Crippen LogP contribution in [0.1, 0.15) is 0 Å². The van der Waals surface area contributed by atoms with Crippen LogP contribution in [0.3, 0.4) is 0 Å². The zero-order valence-corrected chi connectivity index (χ0v) is 74.4. The molecule has 0 unspecified atom stereocenters. The molecule has 0 atom stereocenters. The highest BCUT2D eigenvalue weighted by atomic mass is 14.8. The second-order valence-electron chi connectivity index (χ2n) is 34.5. The van der Waals surface area contributed by atoms with Crippen molar-refractivity contribution in [3.63, 3.8) is 0 Å². The first-order valence-electron chi connectivity index (χ1n) is 46.2. The third-order valence-corrected chi connectivity index (χ3v) is 26.2. The van der Waals surface area contributed by atoms with Gasteiger partial charge in [-0.05, 0) is 215 Å². The van der Waals surface area contributed by atoms with E-state index in [9.17, 15) is 0 Å². The predicted octanol–water partition coefficient (Wildman–Crippen LogP) is 31.6. The minimum atomic E-state index is 0.799. The van der Waals surface area contributed by atoms with Crippen LogP contribution in [0.4, 0.5) is 0 Å². The quantitative estimate of drug-likeness (QED) is 0.0844. The van der Waals surface area contributed by atoms with E-state index in [1.807, 2.05) is 109 Å². The van der Waals surface area contributed by atoms with E-state index in [-0.39, 0.29) is 0 Å². The van der Waals surface area contributed by atoms with Gasteiger partial charge in [-0.2, -0.15) is 0 Å². The van der Waals surface area contributed by atoms with Crippen molar-refractivity contribution in [1.29, 1.82) is 0 Å². The first kappa shape index (κ1) is 81.2. The van der Waals surface area contributed by atoms with Gasteiger partial charge in [-0.1, -0.05) is 309 Å². The molecule has 12 aromatic heterocycles. The van der Waals surface area contributed by atoms with Gasteiger partial charge in [0, 0.05) is 113 Å². The monoisotopic (exact) mass is 1760 g/mol. The highest BCUT2D eigenvalue weighted by molar-refractivity contribution is 6.24. The molecule has 138 heavy (non-hydrogen) atoms. The molecule has 642 valence electrons. The molecule has 27 rings (SSSR count). The lowest BCUT2D eigenvalue weighted by atomic mass is 9.91. The zero-order chi connectivity index (χ0) is 91.4. The highest BCUT2D eigenvalue weighted by Crippen LogP contribution is 2.47. The second-order valence-corrected chi connectivity index (χ2v) is 34.5. The normalized spacial score (nSPS) is 11.5. The average Bonchev–Trinajstić information content (AvgIpc) is 0.727. The van der Waals surface area contributed by atoms with E-state index in [2.05, 4.69) is 357 Å². The van der Waals surface area contributed by atoms with Crippen LogP contribution in [0.15, 0.2) is 474 Å². The molecule has 0 N–H and O–H groups in total. The number of aromatic nitrogens is 12. The Bertz CT molecular complexity index is 9090. The molecule has 0 fully saturated rings. The maximum absolute atomic E-state index is 5.37. The molecule has 0 radical (unpaired) electrons. The number of fused-ring (bicyclic) bond motifs is 17. The van der Waals surface area contributed by atoms with Crippen LogP contribution in [-0.4, -0.2) is 59.8 Å². The van der Waals surface area contributed by atoms with E-state index < -0.39 is 0 Å². The lowest BCUT2D eigenvalue weighted by molar-refractivity contribution is 1.22. The zero-order valence-electron chi connectivity index (χ0n) is 74.4. The largest absolute Gasteiger partial charge is 0.255 e. The Balaban J connectivity index is 0.000000110. The average molecular weight is 1760 g/mol. The van der Waals surface area contributed by atoms with Crippen molar-refractivity contribution in [2.24, 2.45) is 0 Å². The SMILES string of the molecule is c1ccc(-c2cc(-c3ccc(-c4c5ccc6ccccc6c5nc5c4ccc4ccccc45)cc3)cc(-c3ccccn3)n2)nc1.c1ccc(-c2cc(-c3ccc4c(-c5ccc6ccccc6c5)c5ccc6ccccc6c5nc4c3)cc(-c3ccccn3)n2)nc1.c1ccc(-c2cc(-c3cccc(-c4c5ccc6ccccc6c5nc5c4ccc4ccccc45)c3)cc(-c3ccccn3)n2)nc1. The summed E-state index contributed by atoms with van der Waals surface area (Å²) >= 11 is 0. The topological polar surface area (TPSA) is 155 Å². The summed E-state index contributed by atoms with van der Waals surface area (Å²) in [5.41, 5.74) is 29.2. The summed E-state index contributed by atoms with van der Waals surface area (Å²) in [5.74, 6) is 0. The summed E-state index contributed by atoms with van der Waals surface area (Å²) in [6.45, 7) is 0. The first-order chi connectivity index (χ1) is 68.4. The molecule has 0 amide bonds. The van der Waals surface area contributed by atoms with Gasteiger partial charge in [0.05, 0.1) is 101 Å². The third kappa shape index (κ3) is 15.2. The van der Waals surface area contributed by atoms with Crippen molar-refractivity contribution >= 4 is 130 Å². The van der Waals surface area contributed by atoms with Gasteiger partial charge in [-0.3, -0.25) is 29.9 Å². The summed E-state index contributed by atoms with van der Waals surface area (Å²) in [7, 11) is 0. The lowest BCUT2D eigenvalue weighted by Crippen LogP contribution is -1.95. The fourth-order valence-electron chi connectivity index (χ4n) is 19.6. The van der Waals surface area contributed by atoms with Crippen LogP contribution in [0, 0.1) is 0 Å². The Morgan fingerprint density at radius 1 is 0.116 bits per heavy atom. The van der Waals surface area contributed by atoms with Crippen molar-refractivity contribution in [3.8, 4) is 135 Å². The van der Waals surface area contributed by atoms with E-state index in [1.165, 1.54) is 60.0 Å². The molecule has 15 aromatic carbocycles. The van der Waals surface area contributed by atoms with Crippen LogP contribution in [0.25, 0.3) is 265 Å². The molecule has 0 bridgehead atoms. The molecule has 0 spiro atoms. The van der Waals surface area contributed by atoms with Crippen molar-refractivity contribution in [1.82, 2.24) is 59.8 Å². The summed E-state index contributed by atoms with van der Waals surface area (Å²) < 4.78 is 0. The number of benzene rings is 15. The third-order valence-electron chi connectivity index (χ3n) is 26.2. The Labute approximate surface area is 793 Å². The summed E-state index contributed by atoms with van der Waals surface area (Å²) in [6.07, 6.45) is 10.8. The molecule has 0 aliphatic rings. The summed E-state index contributed by atoms with van der Waals surface area (Å²) in [6, 6.07) is 152. The standard InChI is InChI=1S/3C42H26N4/c1-3-14-32-27(10-1)18-20-34-40(35-21-19-28-11-2-4-15-33(28)42(35)46-41(32)34)30-13-9-12-29(24-30)31-25-38(36-16-5-7-22-43-36)45-39(26-31)37-17-6-8-23-44-37;1-3-11-32-28(9-1)19-21-34-40(35-22-20-29-10-2-4-12-33(29)42(35)46-41(32)34)30-17-15-27(16-18-30)31-25-38(36-13-5-7-23-43-36)45-39(26-31)37-14-6-8-24-44-37;1-2-11-29-23-31(16-15-27(29)9-1)41-34-19-18-30(24-38(34)46-42-33-12-4-3-10-28(33)17-20-35(41)42)32-25-39(36-13-5-7-21-43-36)45-40(26-32)37-14-6-8-22-44-37/h3*1-26H. The van der Waals surface area contributed by atoms with Crippen molar-refractivity contribution in [3.05, 3.63) is 474 Å². The van der Waals surface area contributed by atoms with Gasteiger partial charge in [-0.25, -0.2) is 29.9 Å². The number of hydrogen-bond acceptors (Lipinski definition) is 12. The molecular formula is C126H78N12. The van der Waals surface area contributed by atoms with E-state index >= 15 is 0 Å². The Morgan fingerprint density at radius 2 is 0.370 bits per heavy atom. The van der Waals surface area contributed by atoms with Crippen LogP contribution < -0.4 is 0 Å². The van der Waals surface area contributed by atoms with Crippen molar-refractivity contribution in [2.75, 3.05) is 0 Å². The predicted molar refractivity (Wildman–Crippen MR) is 568 cm³/mol. The Hall–Kier alpha value is -18.8. The van der Waals surface area contributed by atoms with E-state index in [4.69, 9.17) is 29.9 Å². The Kier molecular flexibility index (Phi) is 20.6. The molecule has 12 heterocycles. The number of nitrogens with zero attached hydrogens (tertiary/aromatic N) is 12. The summed E-state index contributed by atoms with van der Waals surface area (Å²) in [5, 5.41) is 21.0. The fraction of sp³-hybridized carbons (Fsp3) is 0. The van der Waals surface area contributed by atoms with Gasteiger partial charge in [0.1, 0.15) is 0 Å². The van der Waals surface area contributed by atoms with Gasteiger partial charge in [-0.15, -0.1) is 0 Å². The molecular weight excluding hydrogens is 1680 g/mol. The Morgan fingerprint density at radius 3 is 0.725 bits per heavy atom.